The number of nitrogens with one attached hydrogen (secondary N) is 2. The second-order valence-electron chi connectivity index (χ2n) is 1.58. The molecule has 5 heteroatoms. The van der Waals surface area contributed by atoms with E-state index in [1.165, 1.54) is 0 Å². The molecule has 0 aliphatic heterocycles. The molecule has 0 fully saturated rings. The molecule has 0 spiro atoms. The highest BCUT2D eigenvalue weighted by Crippen LogP contribution is 2.12. The quantitative estimate of drug-likeness (QED) is 0.599. The third-order valence-corrected chi connectivity index (χ3v) is 0.949. The Balaban J connectivity index is 3.09. The topological polar surface area (TPSA) is 85.3 Å². The van der Waals surface area contributed by atoms with E-state index in [0.717, 1.165) is 0 Å². The highest BCUT2D eigenvalue weighted by Gasteiger charge is 1.91. The van der Waals surface area contributed by atoms with Gasteiger partial charge in [-0.3, -0.25) is 0 Å². The van der Waals surface area contributed by atoms with E-state index in [2.05, 4.69) is 15.2 Å². The second kappa shape index (κ2) is 2.77. The lowest BCUT2D eigenvalue weighted by Gasteiger charge is -1.89. The van der Waals surface area contributed by atoms with Crippen LogP contribution in [0.15, 0.2) is 28.4 Å². The van der Waals surface area contributed by atoms with Crippen molar-refractivity contribution in [2.24, 2.45) is 10.2 Å². The van der Waals surface area contributed by atoms with Gasteiger partial charge in [-0.2, -0.15) is 0 Å². The van der Waals surface area contributed by atoms with Gasteiger partial charge in [0.05, 0.1) is 0 Å². The van der Waals surface area contributed by atoms with Crippen molar-refractivity contribution in [1.82, 2.24) is 4.98 Å². The summed E-state index contributed by atoms with van der Waals surface area (Å²) in [4.78, 5) is 3.70. The van der Waals surface area contributed by atoms with E-state index >= 15 is 0 Å². The van der Waals surface area contributed by atoms with Crippen molar-refractivity contribution in [1.29, 1.82) is 11.1 Å². The fourth-order valence-electron chi connectivity index (χ4n) is 0.537. The van der Waals surface area contributed by atoms with Crippen LogP contribution in [0.4, 0.5) is 11.6 Å². The SMILES string of the molecule is N=Nc1cccc(N=N)n1. The number of hydrogen-bond donors (Lipinski definition) is 2. The van der Waals surface area contributed by atoms with Gasteiger partial charge in [-0.25, -0.2) is 16.0 Å². The summed E-state index contributed by atoms with van der Waals surface area (Å²) in [6.45, 7) is 0. The highest BCUT2D eigenvalue weighted by molar-refractivity contribution is 5.35. The van der Waals surface area contributed by atoms with E-state index < -0.39 is 0 Å². The van der Waals surface area contributed by atoms with E-state index in [4.69, 9.17) is 11.1 Å². The van der Waals surface area contributed by atoms with E-state index in [1.807, 2.05) is 0 Å². The molecule has 0 saturated heterocycles. The van der Waals surface area contributed by atoms with Gasteiger partial charge in [-0.1, -0.05) is 6.07 Å². The van der Waals surface area contributed by atoms with Crippen LogP contribution in [0.25, 0.3) is 0 Å². The molecular formula is C5H5N5. The number of rotatable bonds is 2. The Kier molecular flexibility index (Phi) is 1.79. The zero-order valence-corrected chi connectivity index (χ0v) is 5.07. The molecule has 0 aliphatic rings. The van der Waals surface area contributed by atoms with E-state index in [1.54, 1.807) is 18.2 Å². The molecule has 0 aliphatic carbocycles. The lowest BCUT2D eigenvalue weighted by molar-refractivity contribution is 1.05. The summed E-state index contributed by atoms with van der Waals surface area (Å²) in [5, 5.41) is 6.15. The van der Waals surface area contributed by atoms with Crippen molar-refractivity contribution in [3.63, 3.8) is 0 Å². The number of nitrogens with zero attached hydrogens (tertiary/aromatic N) is 3. The van der Waals surface area contributed by atoms with Crippen LogP contribution in [0.3, 0.4) is 0 Å². The van der Waals surface area contributed by atoms with Crippen LogP contribution in [0.5, 0.6) is 0 Å². The molecule has 0 saturated carbocycles. The van der Waals surface area contributed by atoms with E-state index in [0.29, 0.717) is 0 Å². The van der Waals surface area contributed by atoms with Gasteiger partial charge in [0.25, 0.3) is 0 Å². The second-order valence-corrected chi connectivity index (χ2v) is 1.58. The maximum Gasteiger partial charge on any atom is 0.175 e. The largest absolute Gasteiger partial charge is 0.206 e. The van der Waals surface area contributed by atoms with Gasteiger partial charge in [-0.05, 0) is 12.1 Å². The molecule has 0 bridgehead atoms. The van der Waals surface area contributed by atoms with E-state index in [9.17, 15) is 0 Å². The fraction of sp³-hybridized carbons (Fsp3) is 0. The van der Waals surface area contributed by atoms with Crippen molar-refractivity contribution in [2.45, 2.75) is 0 Å². The van der Waals surface area contributed by atoms with Gasteiger partial charge >= 0.3 is 0 Å². The standard InChI is InChI=1S/C5H5N5/c6-9-4-2-1-3-5(8-4)10-7/h1-3,6-7H. The highest BCUT2D eigenvalue weighted by atomic mass is 15.1. The molecule has 0 atom stereocenters. The van der Waals surface area contributed by atoms with Crippen LogP contribution in [0.1, 0.15) is 0 Å². The number of aromatic nitrogens is 1. The van der Waals surface area contributed by atoms with Crippen molar-refractivity contribution in [3.05, 3.63) is 18.2 Å². The Labute approximate surface area is 57.1 Å². The molecule has 1 rings (SSSR count). The van der Waals surface area contributed by atoms with Crippen LogP contribution < -0.4 is 0 Å². The summed E-state index contributed by atoms with van der Waals surface area (Å²) in [6, 6.07) is 4.79. The predicted molar refractivity (Wildman–Crippen MR) is 33.9 cm³/mol. The molecular weight excluding hydrogens is 130 g/mol. The average Bonchev–Trinajstić information content (AvgIpc) is 2.05. The lowest BCUT2D eigenvalue weighted by atomic mass is 10.4. The Bertz CT molecular complexity index is 233. The maximum absolute atomic E-state index is 6.58. The molecule has 0 aromatic carbocycles. The minimum absolute atomic E-state index is 0.272. The normalized spacial score (nSPS) is 8.80. The number of hydrogen-bond acceptors (Lipinski definition) is 5. The first-order chi connectivity index (χ1) is 4.86. The zero-order chi connectivity index (χ0) is 7.40. The van der Waals surface area contributed by atoms with Crippen molar-refractivity contribution in [2.75, 3.05) is 0 Å². The summed E-state index contributed by atoms with van der Waals surface area (Å²) in [5.74, 6) is 0.544. The molecule has 50 valence electrons. The average molecular weight is 135 g/mol. The van der Waals surface area contributed by atoms with Crippen LogP contribution in [-0.4, -0.2) is 4.98 Å². The third kappa shape index (κ3) is 1.19. The monoisotopic (exact) mass is 135 g/mol. The maximum atomic E-state index is 6.58. The zero-order valence-electron chi connectivity index (χ0n) is 5.07. The lowest BCUT2D eigenvalue weighted by Crippen LogP contribution is -1.70. The van der Waals surface area contributed by atoms with Gasteiger partial charge in [0.1, 0.15) is 0 Å². The Morgan fingerprint density at radius 3 is 2.00 bits per heavy atom. The number of pyridine rings is 1. The smallest absolute Gasteiger partial charge is 0.175 e. The summed E-state index contributed by atoms with van der Waals surface area (Å²) >= 11 is 0. The molecule has 10 heavy (non-hydrogen) atoms. The van der Waals surface area contributed by atoms with Gasteiger partial charge in [0.15, 0.2) is 11.6 Å². The van der Waals surface area contributed by atoms with Crippen LogP contribution in [-0.2, 0) is 0 Å². The first-order valence-corrected chi connectivity index (χ1v) is 2.59. The molecule has 1 aromatic rings. The molecule has 2 N–H and O–H groups in total. The molecule has 0 amide bonds. The first-order valence-electron chi connectivity index (χ1n) is 2.59. The molecule has 0 radical (unpaired) electrons. The Morgan fingerprint density at radius 2 is 1.60 bits per heavy atom. The van der Waals surface area contributed by atoms with Gasteiger partial charge in [0.2, 0.25) is 0 Å². The van der Waals surface area contributed by atoms with Crippen molar-refractivity contribution >= 4 is 11.6 Å². The van der Waals surface area contributed by atoms with Gasteiger partial charge < -0.3 is 0 Å². The Morgan fingerprint density at radius 1 is 1.10 bits per heavy atom. The van der Waals surface area contributed by atoms with Crippen molar-refractivity contribution in [3.8, 4) is 0 Å². The summed E-state index contributed by atoms with van der Waals surface area (Å²) in [5.41, 5.74) is 13.2. The summed E-state index contributed by atoms with van der Waals surface area (Å²) in [7, 11) is 0. The van der Waals surface area contributed by atoms with Gasteiger partial charge in [-0.15, -0.1) is 10.2 Å². The summed E-state index contributed by atoms with van der Waals surface area (Å²) in [6.07, 6.45) is 0. The fourth-order valence-corrected chi connectivity index (χ4v) is 0.537. The van der Waals surface area contributed by atoms with E-state index in [-0.39, 0.29) is 11.6 Å². The molecule has 1 aromatic heterocycles. The Hall–Kier alpha value is -1.65. The molecule has 1 heterocycles. The van der Waals surface area contributed by atoms with Crippen molar-refractivity contribution < 1.29 is 0 Å². The molecule has 0 unspecified atom stereocenters. The van der Waals surface area contributed by atoms with Gasteiger partial charge in [0, 0.05) is 0 Å². The van der Waals surface area contributed by atoms with Crippen LogP contribution in [0, 0.1) is 11.1 Å². The first kappa shape index (κ1) is 6.47. The minimum atomic E-state index is 0.272. The van der Waals surface area contributed by atoms with Crippen LogP contribution in [0.2, 0.25) is 0 Å². The van der Waals surface area contributed by atoms with Crippen LogP contribution >= 0.6 is 0 Å². The predicted octanol–water partition coefficient (Wildman–Crippen LogP) is 2.41. The minimum Gasteiger partial charge on any atom is -0.206 e. The third-order valence-electron chi connectivity index (χ3n) is 0.949. The summed E-state index contributed by atoms with van der Waals surface area (Å²) < 4.78 is 0. The molecule has 5 nitrogen and oxygen atoms in total.